The molecule has 0 aliphatic heterocycles. The Hall–Kier alpha value is -1.10. The van der Waals surface area contributed by atoms with Gasteiger partial charge in [0, 0.05) is 12.6 Å². The molecule has 0 aliphatic carbocycles. The van der Waals surface area contributed by atoms with Crippen molar-refractivity contribution in [3.8, 4) is 0 Å². The zero-order chi connectivity index (χ0) is 12.2. The van der Waals surface area contributed by atoms with E-state index in [4.69, 9.17) is 5.73 Å². The van der Waals surface area contributed by atoms with Gasteiger partial charge in [-0.1, -0.05) is 0 Å². The van der Waals surface area contributed by atoms with E-state index in [-0.39, 0.29) is 23.9 Å². The second-order valence-corrected chi connectivity index (χ2v) is 4.78. The summed E-state index contributed by atoms with van der Waals surface area (Å²) in [5.41, 5.74) is 5.13. The molecule has 0 rings (SSSR count). The van der Waals surface area contributed by atoms with Crippen LogP contribution in [0.1, 0.15) is 27.7 Å². The lowest BCUT2D eigenvalue weighted by atomic mass is 10.1. The van der Waals surface area contributed by atoms with E-state index in [1.807, 2.05) is 20.8 Å². The van der Waals surface area contributed by atoms with Gasteiger partial charge in [0.05, 0.1) is 12.6 Å². The molecule has 3 N–H and O–H groups in total. The van der Waals surface area contributed by atoms with Crippen molar-refractivity contribution in [2.45, 2.75) is 39.3 Å². The van der Waals surface area contributed by atoms with Gasteiger partial charge in [-0.2, -0.15) is 0 Å². The number of carbonyl (C=O) groups is 2. The highest BCUT2D eigenvalue weighted by Gasteiger charge is 2.19. The zero-order valence-corrected chi connectivity index (χ0v) is 10.1. The van der Waals surface area contributed by atoms with Crippen LogP contribution in [0.2, 0.25) is 0 Å². The Labute approximate surface area is 91.0 Å². The van der Waals surface area contributed by atoms with Gasteiger partial charge in [0.1, 0.15) is 0 Å². The van der Waals surface area contributed by atoms with Gasteiger partial charge < -0.3 is 16.0 Å². The van der Waals surface area contributed by atoms with Gasteiger partial charge in [0.15, 0.2) is 0 Å². The number of likely N-dealkylation sites (N-methyl/N-ethyl adjacent to an activating group) is 1. The predicted octanol–water partition coefficient (Wildman–Crippen LogP) is -0.293. The summed E-state index contributed by atoms with van der Waals surface area (Å²) < 4.78 is 0. The van der Waals surface area contributed by atoms with Crippen LogP contribution < -0.4 is 11.1 Å². The summed E-state index contributed by atoms with van der Waals surface area (Å²) in [5.74, 6) is -0.418. The van der Waals surface area contributed by atoms with Crippen molar-refractivity contribution in [2.24, 2.45) is 5.73 Å². The molecule has 0 spiro atoms. The molecule has 0 radical (unpaired) electrons. The first-order valence-corrected chi connectivity index (χ1v) is 4.95. The van der Waals surface area contributed by atoms with Gasteiger partial charge >= 0.3 is 0 Å². The number of hydrogen-bond acceptors (Lipinski definition) is 3. The third-order valence-corrected chi connectivity index (χ3v) is 1.66. The molecule has 0 aromatic rings. The van der Waals surface area contributed by atoms with E-state index >= 15 is 0 Å². The van der Waals surface area contributed by atoms with Crippen molar-refractivity contribution in [1.82, 2.24) is 10.2 Å². The molecular weight excluding hydrogens is 194 g/mol. The Morgan fingerprint density at radius 3 is 2.20 bits per heavy atom. The highest BCUT2D eigenvalue weighted by molar-refractivity contribution is 5.87. The lowest BCUT2D eigenvalue weighted by Gasteiger charge is -2.24. The molecule has 88 valence electrons. The predicted molar refractivity (Wildman–Crippen MR) is 59.2 cm³/mol. The Balaban J connectivity index is 4.14. The molecule has 0 fully saturated rings. The highest BCUT2D eigenvalue weighted by Crippen LogP contribution is 1.98. The molecule has 5 heteroatoms. The van der Waals surface area contributed by atoms with E-state index in [0.717, 1.165) is 0 Å². The number of nitrogens with one attached hydrogen (secondary N) is 1. The fraction of sp³-hybridized carbons (Fsp3) is 0.800. The third kappa shape index (κ3) is 6.06. The van der Waals surface area contributed by atoms with Crippen molar-refractivity contribution in [3.63, 3.8) is 0 Å². The van der Waals surface area contributed by atoms with E-state index in [2.05, 4.69) is 5.32 Å². The summed E-state index contributed by atoms with van der Waals surface area (Å²) in [5, 5.41) is 2.77. The number of nitrogens with zero attached hydrogens (tertiary/aromatic N) is 1. The van der Waals surface area contributed by atoms with Crippen LogP contribution in [0.15, 0.2) is 0 Å². The van der Waals surface area contributed by atoms with Gasteiger partial charge in [0.2, 0.25) is 11.8 Å². The average molecular weight is 215 g/mol. The molecule has 0 bridgehead atoms. The molecule has 0 aromatic carbocycles. The second-order valence-electron chi connectivity index (χ2n) is 4.78. The van der Waals surface area contributed by atoms with Crippen molar-refractivity contribution in [1.29, 1.82) is 0 Å². The number of hydrogen-bond donors (Lipinski definition) is 2. The lowest BCUT2D eigenvalue weighted by molar-refractivity contribution is -0.135. The Morgan fingerprint density at radius 2 is 1.87 bits per heavy atom. The molecule has 15 heavy (non-hydrogen) atoms. The number of rotatable bonds is 3. The van der Waals surface area contributed by atoms with E-state index in [1.54, 1.807) is 14.0 Å². The highest BCUT2D eigenvalue weighted by atomic mass is 16.2. The summed E-state index contributed by atoms with van der Waals surface area (Å²) in [4.78, 5) is 24.1. The van der Waals surface area contributed by atoms with Crippen LogP contribution in [0, 0.1) is 0 Å². The van der Waals surface area contributed by atoms with Crippen LogP contribution in [0.5, 0.6) is 0 Å². The van der Waals surface area contributed by atoms with Crippen molar-refractivity contribution < 1.29 is 9.59 Å². The second kappa shape index (κ2) is 5.11. The summed E-state index contributed by atoms with van der Waals surface area (Å²) in [6.45, 7) is 7.30. The number of nitrogens with two attached hydrogens (primary N) is 1. The van der Waals surface area contributed by atoms with Crippen LogP contribution >= 0.6 is 0 Å². The fourth-order valence-corrected chi connectivity index (χ4v) is 1.10. The standard InChI is InChI=1S/C10H21N3O2/c1-7(11)9(15)13(5)6-8(14)12-10(2,3)4/h7H,6,11H2,1-5H3,(H,12,14)/t7-/m0/s1. The summed E-state index contributed by atoms with van der Waals surface area (Å²) in [7, 11) is 1.56. The van der Waals surface area contributed by atoms with Crippen LogP contribution in [0.3, 0.4) is 0 Å². The largest absolute Gasteiger partial charge is 0.350 e. The summed E-state index contributed by atoms with van der Waals surface area (Å²) in [6.07, 6.45) is 0. The Kier molecular flexibility index (Phi) is 4.74. The van der Waals surface area contributed by atoms with Crippen LogP contribution in [-0.4, -0.2) is 41.9 Å². The van der Waals surface area contributed by atoms with Crippen LogP contribution in [0.4, 0.5) is 0 Å². The van der Waals surface area contributed by atoms with Crippen LogP contribution in [0.25, 0.3) is 0 Å². The van der Waals surface area contributed by atoms with E-state index in [0.29, 0.717) is 0 Å². The molecule has 0 saturated carbocycles. The average Bonchev–Trinajstić information content (AvgIpc) is 1.98. The molecule has 5 nitrogen and oxygen atoms in total. The minimum atomic E-state index is -0.572. The SMILES string of the molecule is C[C@H](N)C(=O)N(C)CC(=O)NC(C)(C)C. The Bertz CT molecular complexity index is 244. The monoisotopic (exact) mass is 215 g/mol. The van der Waals surface area contributed by atoms with Crippen molar-refractivity contribution in [2.75, 3.05) is 13.6 Å². The van der Waals surface area contributed by atoms with E-state index < -0.39 is 6.04 Å². The molecule has 2 amide bonds. The maximum atomic E-state index is 11.5. The summed E-state index contributed by atoms with van der Waals surface area (Å²) >= 11 is 0. The first-order valence-electron chi connectivity index (χ1n) is 4.95. The maximum absolute atomic E-state index is 11.5. The molecule has 0 aromatic heterocycles. The first-order chi connectivity index (χ1) is 6.63. The molecular formula is C10H21N3O2. The normalized spacial score (nSPS) is 13.2. The molecule has 0 unspecified atom stereocenters. The molecule has 0 aliphatic rings. The van der Waals surface area contributed by atoms with Crippen molar-refractivity contribution >= 4 is 11.8 Å². The van der Waals surface area contributed by atoms with Crippen molar-refractivity contribution in [3.05, 3.63) is 0 Å². The molecule has 1 atom stereocenters. The topological polar surface area (TPSA) is 75.4 Å². The van der Waals surface area contributed by atoms with Gasteiger partial charge in [-0.05, 0) is 27.7 Å². The third-order valence-electron chi connectivity index (χ3n) is 1.66. The van der Waals surface area contributed by atoms with Gasteiger partial charge in [-0.15, -0.1) is 0 Å². The minimum absolute atomic E-state index is 0.0393. The lowest BCUT2D eigenvalue weighted by Crippen LogP contribution is -2.48. The van der Waals surface area contributed by atoms with Gasteiger partial charge in [-0.3, -0.25) is 9.59 Å². The zero-order valence-electron chi connectivity index (χ0n) is 10.1. The Morgan fingerprint density at radius 1 is 1.40 bits per heavy atom. The van der Waals surface area contributed by atoms with Gasteiger partial charge in [0.25, 0.3) is 0 Å². The van der Waals surface area contributed by atoms with E-state index in [1.165, 1.54) is 4.90 Å². The minimum Gasteiger partial charge on any atom is -0.350 e. The van der Waals surface area contributed by atoms with E-state index in [9.17, 15) is 9.59 Å². The van der Waals surface area contributed by atoms with Gasteiger partial charge in [-0.25, -0.2) is 0 Å². The summed E-state index contributed by atoms with van der Waals surface area (Å²) in [6, 6.07) is -0.572. The van der Waals surface area contributed by atoms with Crippen LogP contribution in [-0.2, 0) is 9.59 Å². The quantitative estimate of drug-likeness (QED) is 0.679. The fourth-order valence-electron chi connectivity index (χ4n) is 1.10. The first kappa shape index (κ1) is 13.9. The number of carbonyl (C=O) groups excluding carboxylic acids is 2. The number of amides is 2. The smallest absolute Gasteiger partial charge is 0.240 e. The maximum Gasteiger partial charge on any atom is 0.240 e. The molecule has 0 saturated heterocycles. The molecule has 0 heterocycles.